The van der Waals surface area contributed by atoms with Gasteiger partial charge in [-0.25, -0.2) is 0 Å². The zero-order valence-electron chi connectivity index (χ0n) is 48.8. The lowest BCUT2D eigenvalue weighted by Gasteiger charge is -2.33. The van der Waals surface area contributed by atoms with Crippen molar-refractivity contribution in [2.45, 2.75) is 5.41 Å². The highest BCUT2D eigenvalue weighted by molar-refractivity contribution is 7.23. The molecule has 412 valence electrons. The fraction of sp³-hybridized carbons (Fsp3) is 0.0115. The maximum absolute atomic E-state index is 2.98. The Morgan fingerprint density at radius 3 is 0.910 bits per heavy atom. The fourth-order valence-corrected chi connectivity index (χ4v) is 28.5. The molecule has 15 aromatic carbocycles. The minimum Gasteiger partial charge on any atom is -0.0623 e. The Morgan fingerprint density at radius 2 is 0.472 bits per heavy atom. The molecule has 1 spiro atoms. The summed E-state index contributed by atoms with van der Waals surface area (Å²) in [5.41, 5.74) is 23.1. The predicted octanol–water partition coefficient (Wildman–Crippen LogP) is 16.1. The smallest absolute Gasteiger partial charge is 0.0623 e. The van der Waals surface area contributed by atoms with E-state index in [0.29, 0.717) is 0 Å². The molecule has 0 amide bonds. The van der Waals surface area contributed by atoms with Crippen LogP contribution in [0.2, 0.25) is 0 Å². The van der Waals surface area contributed by atoms with Gasteiger partial charge in [-0.15, -0.1) is 0 Å². The topological polar surface area (TPSA) is 0 Å². The molecule has 0 nitrogen and oxygen atoms in total. The SMILES string of the molecule is c1ccc([Si]2(c3ccccc3)c3ccccc3-c3cccc(-c4cccc5c(-c6cccc7c6-c6ccccc6C76c7ccccc7-c7ccccc76)c6cccc(-c7cccc8c7[Si](c7ccccc7)(c7ccccc7)c7ccccc7-8)c6cc45)c32)cc1. The van der Waals surface area contributed by atoms with Crippen molar-refractivity contribution >= 4 is 79.2 Å². The van der Waals surface area contributed by atoms with Gasteiger partial charge in [0.05, 0.1) is 5.41 Å². The van der Waals surface area contributed by atoms with Crippen LogP contribution in [0.3, 0.4) is 0 Å². The third kappa shape index (κ3) is 6.56. The number of fused-ring (bicyclic) bond motifs is 18. The maximum atomic E-state index is 2.62. The van der Waals surface area contributed by atoms with Crippen LogP contribution in [0, 0.1) is 0 Å². The second-order valence-corrected chi connectivity index (χ2v) is 32.1. The molecule has 15 aromatic rings. The molecule has 0 radical (unpaired) electrons. The Bertz CT molecular complexity index is 5070. The molecule has 2 heterocycles. The van der Waals surface area contributed by atoms with Crippen molar-refractivity contribution in [2.24, 2.45) is 0 Å². The molecule has 0 saturated heterocycles. The summed E-state index contributed by atoms with van der Waals surface area (Å²) in [5, 5.41) is 16.4. The average molecular weight is 1160 g/mol. The first-order valence-electron chi connectivity index (χ1n) is 31.3. The van der Waals surface area contributed by atoms with Gasteiger partial charge in [0.2, 0.25) is 0 Å². The number of benzene rings is 15. The highest BCUT2D eigenvalue weighted by Crippen LogP contribution is 2.64. The van der Waals surface area contributed by atoms with Crippen LogP contribution >= 0.6 is 0 Å². The predicted molar refractivity (Wildman–Crippen MR) is 379 cm³/mol. The van der Waals surface area contributed by atoms with E-state index >= 15 is 0 Å². The highest BCUT2D eigenvalue weighted by atomic mass is 28.3. The van der Waals surface area contributed by atoms with Gasteiger partial charge in [-0.2, -0.15) is 0 Å². The van der Waals surface area contributed by atoms with Crippen LogP contribution in [0.1, 0.15) is 22.3 Å². The van der Waals surface area contributed by atoms with Gasteiger partial charge in [0.1, 0.15) is 0 Å². The summed E-state index contributed by atoms with van der Waals surface area (Å²) >= 11 is 0. The number of hydrogen-bond donors (Lipinski definition) is 0. The van der Waals surface area contributed by atoms with Crippen LogP contribution in [0.15, 0.2) is 340 Å². The number of rotatable bonds is 7. The quantitative estimate of drug-likeness (QED) is 0.110. The molecule has 19 rings (SSSR count). The molecule has 0 atom stereocenters. The summed E-state index contributed by atoms with van der Waals surface area (Å²) in [4.78, 5) is 0. The van der Waals surface area contributed by atoms with E-state index in [9.17, 15) is 0 Å². The van der Waals surface area contributed by atoms with E-state index in [1.807, 2.05) is 0 Å². The van der Waals surface area contributed by atoms with Crippen LogP contribution < -0.4 is 41.5 Å². The van der Waals surface area contributed by atoms with Gasteiger partial charge in [-0.3, -0.25) is 0 Å². The van der Waals surface area contributed by atoms with Crippen LogP contribution in [0.5, 0.6) is 0 Å². The summed E-state index contributed by atoms with van der Waals surface area (Å²) < 4.78 is 0. The molecule has 2 aliphatic carbocycles. The van der Waals surface area contributed by atoms with E-state index in [1.165, 1.54) is 163 Å². The summed E-state index contributed by atoms with van der Waals surface area (Å²) in [6.07, 6.45) is 0. The molecule has 0 aromatic heterocycles. The van der Waals surface area contributed by atoms with Crippen molar-refractivity contribution < 1.29 is 0 Å². The van der Waals surface area contributed by atoms with E-state index in [4.69, 9.17) is 0 Å². The lowest BCUT2D eigenvalue weighted by Crippen LogP contribution is -2.73. The van der Waals surface area contributed by atoms with Gasteiger partial charge < -0.3 is 0 Å². The highest BCUT2D eigenvalue weighted by Gasteiger charge is 2.54. The molecule has 2 heteroatoms. The fourth-order valence-electron chi connectivity index (χ4n) is 17.7. The van der Waals surface area contributed by atoms with E-state index in [0.717, 1.165) is 0 Å². The van der Waals surface area contributed by atoms with Crippen LogP contribution in [-0.2, 0) is 5.41 Å². The molecule has 89 heavy (non-hydrogen) atoms. The summed E-state index contributed by atoms with van der Waals surface area (Å²) in [6.45, 7) is 0. The Labute approximate surface area is 521 Å². The van der Waals surface area contributed by atoms with Gasteiger partial charge in [-0.05, 0) is 169 Å². The molecule has 0 fully saturated rings. The molecule has 0 N–H and O–H groups in total. The first-order chi connectivity index (χ1) is 44.2. The first-order valence-corrected chi connectivity index (χ1v) is 35.3. The Balaban J connectivity index is 0.969. The Hall–Kier alpha value is -10.7. The van der Waals surface area contributed by atoms with Gasteiger partial charge in [0, 0.05) is 0 Å². The van der Waals surface area contributed by atoms with Crippen molar-refractivity contribution in [3.8, 4) is 77.9 Å². The van der Waals surface area contributed by atoms with E-state index in [1.54, 1.807) is 0 Å². The second-order valence-electron chi connectivity index (χ2n) is 24.7. The van der Waals surface area contributed by atoms with E-state index in [2.05, 4.69) is 340 Å². The zero-order chi connectivity index (χ0) is 58.4. The standard InChI is InChI=1S/C87H56Si2/c1-5-28-57(29-6-1)88(58-30-7-2-8-31-58)81-54-21-16-38-65(81)71-47-25-45-69(85(71)88)61-41-23-43-67-75(61)56-76-62(70-46-26-48-72-66-39-17-22-55-82(66)89(86(70)72,59-32-9-3-10-33-59)60-34-11-4-12-35-60)42-24-44-68(76)83(67)74-49-27-53-80-84(74)73-40-15-20-52-79(73)87(80)77-50-18-13-36-63(77)64-37-14-19-51-78(64)87/h1-56H. The minimum atomic E-state index is -2.98. The molecule has 0 bridgehead atoms. The second kappa shape index (κ2) is 19.1. The molecule has 2 aliphatic heterocycles. The van der Waals surface area contributed by atoms with Gasteiger partial charge in [0.25, 0.3) is 0 Å². The monoisotopic (exact) mass is 1160 g/mol. The third-order valence-corrected chi connectivity index (χ3v) is 30.7. The zero-order valence-corrected chi connectivity index (χ0v) is 50.8. The first kappa shape index (κ1) is 50.4. The molecular formula is C87H56Si2. The van der Waals surface area contributed by atoms with Crippen molar-refractivity contribution in [1.29, 1.82) is 0 Å². The lowest BCUT2D eigenvalue weighted by molar-refractivity contribution is 0.794. The van der Waals surface area contributed by atoms with Gasteiger partial charge in [0.15, 0.2) is 16.1 Å². The van der Waals surface area contributed by atoms with Crippen LogP contribution in [0.25, 0.3) is 99.4 Å². The van der Waals surface area contributed by atoms with Crippen molar-refractivity contribution in [3.63, 3.8) is 0 Å². The van der Waals surface area contributed by atoms with E-state index in [-0.39, 0.29) is 0 Å². The minimum absolute atomic E-state index is 0.503. The van der Waals surface area contributed by atoms with Crippen molar-refractivity contribution in [1.82, 2.24) is 0 Å². The molecule has 0 saturated carbocycles. The largest absolute Gasteiger partial charge is 0.181 e. The van der Waals surface area contributed by atoms with E-state index < -0.39 is 21.6 Å². The molecule has 4 aliphatic rings. The van der Waals surface area contributed by atoms with Crippen molar-refractivity contribution in [2.75, 3.05) is 0 Å². The van der Waals surface area contributed by atoms with Crippen LogP contribution in [0.4, 0.5) is 0 Å². The Kier molecular flexibility index (Phi) is 10.8. The summed E-state index contributed by atoms with van der Waals surface area (Å²) in [6, 6.07) is 131. The third-order valence-electron chi connectivity index (χ3n) is 20.9. The lowest BCUT2D eigenvalue weighted by atomic mass is 9.70. The van der Waals surface area contributed by atoms with Gasteiger partial charge >= 0.3 is 0 Å². The average Bonchev–Trinajstić information content (AvgIpc) is 1.55. The molecular weight excluding hydrogens is 1100 g/mol. The summed E-state index contributed by atoms with van der Waals surface area (Å²) in [5.74, 6) is 0. The van der Waals surface area contributed by atoms with Crippen molar-refractivity contribution in [3.05, 3.63) is 362 Å². The Morgan fingerprint density at radius 1 is 0.180 bits per heavy atom. The van der Waals surface area contributed by atoms with Gasteiger partial charge in [-0.1, -0.05) is 334 Å². The maximum Gasteiger partial charge on any atom is 0.181 e. The number of hydrogen-bond acceptors (Lipinski definition) is 0. The van der Waals surface area contributed by atoms with Crippen LogP contribution in [-0.4, -0.2) is 16.1 Å². The normalized spacial score (nSPS) is 14.3. The summed E-state index contributed by atoms with van der Waals surface area (Å²) in [7, 11) is -5.97. The molecule has 0 unspecified atom stereocenters.